The van der Waals surface area contributed by atoms with Crippen molar-refractivity contribution in [1.82, 2.24) is 4.72 Å². The van der Waals surface area contributed by atoms with E-state index in [-0.39, 0.29) is 36.1 Å². The van der Waals surface area contributed by atoms with E-state index in [0.717, 1.165) is 5.56 Å². The number of fused-ring (bicyclic) bond motifs is 1. The molecule has 0 atom stereocenters. The molecule has 31 heavy (non-hydrogen) atoms. The van der Waals surface area contributed by atoms with Crippen molar-refractivity contribution in [1.29, 1.82) is 0 Å². The topological polar surface area (TPSA) is 114 Å². The van der Waals surface area contributed by atoms with E-state index in [2.05, 4.69) is 15.4 Å². The first-order valence-electron chi connectivity index (χ1n) is 9.90. The quantitative estimate of drug-likeness (QED) is 0.541. The maximum atomic E-state index is 12.8. The normalized spacial score (nSPS) is 15.1. The second kappa shape index (κ2) is 9.17. The lowest BCUT2D eigenvalue weighted by atomic mass is 9.77. The molecule has 0 bridgehead atoms. The monoisotopic (exact) mass is 445 g/mol. The Kier molecular flexibility index (Phi) is 6.78. The van der Waals surface area contributed by atoms with Crippen molar-refractivity contribution < 1.29 is 22.7 Å². The predicted molar refractivity (Wildman–Crippen MR) is 120 cm³/mol. The van der Waals surface area contributed by atoms with Crippen LogP contribution in [0.4, 0.5) is 11.4 Å². The number of rotatable bonds is 8. The summed E-state index contributed by atoms with van der Waals surface area (Å²) in [6.07, 6.45) is 0.347. The van der Waals surface area contributed by atoms with E-state index in [1.54, 1.807) is 42.5 Å². The summed E-state index contributed by atoms with van der Waals surface area (Å²) >= 11 is 0. The van der Waals surface area contributed by atoms with Crippen LogP contribution in [0.1, 0.15) is 41.8 Å². The summed E-state index contributed by atoms with van der Waals surface area (Å²) in [5.41, 5.74) is 2.75. The van der Waals surface area contributed by atoms with Crippen molar-refractivity contribution in [3.63, 3.8) is 0 Å². The number of sulfonamides is 1. The summed E-state index contributed by atoms with van der Waals surface area (Å²) in [6.45, 7) is 4.43. The van der Waals surface area contributed by atoms with Crippen molar-refractivity contribution >= 4 is 33.2 Å². The van der Waals surface area contributed by atoms with Crippen molar-refractivity contribution in [2.24, 2.45) is 0 Å². The summed E-state index contributed by atoms with van der Waals surface area (Å²) in [5, 5.41) is 5.66. The lowest BCUT2D eigenvalue weighted by Gasteiger charge is -2.32. The van der Waals surface area contributed by atoms with E-state index in [4.69, 9.17) is 4.74 Å². The fourth-order valence-electron chi connectivity index (χ4n) is 3.56. The van der Waals surface area contributed by atoms with Crippen LogP contribution < -0.4 is 15.4 Å². The molecular formula is C22H27N3O5S. The average Bonchev–Trinajstić information content (AvgIpc) is 2.67. The van der Waals surface area contributed by atoms with Crippen LogP contribution in [0.2, 0.25) is 0 Å². The van der Waals surface area contributed by atoms with Crippen LogP contribution in [0.5, 0.6) is 0 Å². The molecular weight excluding hydrogens is 418 g/mol. The Hall–Kier alpha value is -2.75. The van der Waals surface area contributed by atoms with Crippen LogP contribution in [-0.4, -0.2) is 40.5 Å². The van der Waals surface area contributed by atoms with Crippen LogP contribution in [0, 0.1) is 0 Å². The molecule has 2 aromatic rings. The van der Waals surface area contributed by atoms with Gasteiger partial charge in [-0.05, 0) is 41.5 Å². The van der Waals surface area contributed by atoms with Gasteiger partial charge >= 0.3 is 0 Å². The zero-order chi connectivity index (χ0) is 22.6. The zero-order valence-corrected chi connectivity index (χ0v) is 18.6. The van der Waals surface area contributed by atoms with Gasteiger partial charge < -0.3 is 15.4 Å². The highest BCUT2D eigenvalue weighted by molar-refractivity contribution is 7.88. The number of hydrogen-bond acceptors (Lipinski definition) is 5. The molecule has 0 fully saturated rings. The van der Waals surface area contributed by atoms with E-state index < -0.39 is 10.0 Å². The summed E-state index contributed by atoms with van der Waals surface area (Å²) in [6, 6.07) is 11.9. The number of nitrogens with one attached hydrogen (secondary N) is 3. The molecule has 1 aliphatic heterocycles. The third kappa shape index (κ3) is 5.90. The summed E-state index contributed by atoms with van der Waals surface area (Å²) in [4.78, 5) is 24.7. The summed E-state index contributed by atoms with van der Waals surface area (Å²) < 4.78 is 31.6. The highest BCUT2D eigenvalue weighted by Gasteiger charge is 2.32. The van der Waals surface area contributed by atoms with Crippen molar-refractivity contribution in [3.8, 4) is 0 Å². The number of methoxy groups -OCH3 is 1. The fraction of sp³-hybridized carbons (Fsp3) is 0.364. The Morgan fingerprint density at radius 2 is 1.97 bits per heavy atom. The Morgan fingerprint density at radius 3 is 2.71 bits per heavy atom. The second-order valence-electron chi connectivity index (χ2n) is 8.17. The number of ether oxygens (including phenoxy) is 1. The first kappa shape index (κ1) is 22.9. The predicted octanol–water partition coefficient (Wildman–Crippen LogP) is 2.62. The van der Waals surface area contributed by atoms with Gasteiger partial charge in [-0.25, -0.2) is 13.1 Å². The minimum atomic E-state index is -3.51. The van der Waals surface area contributed by atoms with Gasteiger partial charge in [-0.2, -0.15) is 0 Å². The fourth-order valence-corrected chi connectivity index (χ4v) is 4.67. The molecule has 3 rings (SSSR count). The Labute approximate surface area is 182 Å². The highest BCUT2D eigenvalue weighted by atomic mass is 32.2. The molecule has 0 spiro atoms. The number of hydrogen-bond donors (Lipinski definition) is 3. The van der Waals surface area contributed by atoms with Crippen LogP contribution in [0.25, 0.3) is 0 Å². The van der Waals surface area contributed by atoms with Crippen LogP contribution in [0.15, 0.2) is 42.5 Å². The van der Waals surface area contributed by atoms with E-state index in [9.17, 15) is 18.0 Å². The number of anilines is 2. The number of amides is 2. The molecule has 2 aromatic carbocycles. The maximum absolute atomic E-state index is 12.8. The van der Waals surface area contributed by atoms with E-state index in [0.29, 0.717) is 28.9 Å². The molecule has 2 amide bonds. The maximum Gasteiger partial charge on any atom is 0.255 e. The van der Waals surface area contributed by atoms with Gasteiger partial charge in [0.15, 0.2) is 0 Å². The minimum absolute atomic E-state index is 0.0434. The molecule has 8 nitrogen and oxygen atoms in total. The van der Waals surface area contributed by atoms with Gasteiger partial charge in [-0.1, -0.05) is 26.0 Å². The van der Waals surface area contributed by atoms with E-state index in [1.165, 1.54) is 7.11 Å². The SMILES string of the molecule is COCCNS(=O)(=O)Cc1cccc(NC(=O)c2ccc3c(c2)C(C)(C)CC(=O)N3)c1. The Balaban J connectivity index is 1.73. The van der Waals surface area contributed by atoms with Gasteiger partial charge in [-0.15, -0.1) is 0 Å². The Morgan fingerprint density at radius 1 is 1.19 bits per heavy atom. The number of benzene rings is 2. The lowest BCUT2D eigenvalue weighted by Crippen LogP contribution is -2.32. The third-order valence-electron chi connectivity index (χ3n) is 5.06. The smallest absolute Gasteiger partial charge is 0.255 e. The first-order chi connectivity index (χ1) is 14.6. The molecule has 1 heterocycles. The van der Waals surface area contributed by atoms with Crippen molar-refractivity contribution in [2.45, 2.75) is 31.4 Å². The number of carbonyl (C=O) groups excluding carboxylic acids is 2. The lowest BCUT2D eigenvalue weighted by molar-refractivity contribution is -0.117. The highest BCUT2D eigenvalue weighted by Crippen LogP contribution is 2.37. The van der Waals surface area contributed by atoms with Crippen molar-refractivity contribution in [2.75, 3.05) is 30.9 Å². The number of carbonyl (C=O) groups is 2. The molecule has 0 saturated carbocycles. The molecule has 0 aromatic heterocycles. The molecule has 1 aliphatic rings. The van der Waals surface area contributed by atoms with Crippen LogP contribution in [-0.2, 0) is 30.7 Å². The molecule has 0 aliphatic carbocycles. The second-order valence-corrected chi connectivity index (χ2v) is 9.98. The van der Waals surface area contributed by atoms with Gasteiger partial charge in [0.05, 0.1) is 12.4 Å². The minimum Gasteiger partial charge on any atom is -0.383 e. The van der Waals surface area contributed by atoms with Gasteiger partial charge in [0.2, 0.25) is 15.9 Å². The molecule has 0 unspecified atom stereocenters. The molecule has 0 saturated heterocycles. The van der Waals surface area contributed by atoms with Crippen molar-refractivity contribution in [3.05, 3.63) is 59.2 Å². The standard InChI is InChI=1S/C22H27N3O5S/c1-22(2)13-20(26)25-19-8-7-16(12-18(19)22)21(27)24-17-6-4-5-15(11-17)14-31(28,29)23-9-10-30-3/h4-8,11-12,23H,9-10,13-14H2,1-3H3,(H,24,27)(H,25,26). The molecule has 9 heteroatoms. The van der Waals surface area contributed by atoms with E-state index in [1.807, 2.05) is 13.8 Å². The zero-order valence-electron chi connectivity index (χ0n) is 17.8. The van der Waals surface area contributed by atoms with Gasteiger partial charge in [0.25, 0.3) is 5.91 Å². The van der Waals surface area contributed by atoms with Crippen LogP contribution in [0.3, 0.4) is 0 Å². The van der Waals surface area contributed by atoms with E-state index >= 15 is 0 Å². The third-order valence-corrected chi connectivity index (χ3v) is 6.41. The summed E-state index contributed by atoms with van der Waals surface area (Å²) in [5.74, 6) is -0.556. The average molecular weight is 446 g/mol. The van der Waals surface area contributed by atoms with Crippen LogP contribution >= 0.6 is 0 Å². The first-order valence-corrected chi connectivity index (χ1v) is 11.6. The Bertz CT molecular complexity index is 1100. The van der Waals surface area contributed by atoms with Gasteiger partial charge in [0, 0.05) is 42.4 Å². The van der Waals surface area contributed by atoms with Gasteiger partial charge in [0.1, 0.15) is 0 Å². The molecule has 166 valence electrons. The molecule has 0 radical (unpaired) electrons. The van der Waals surface area contributed by atoms with Gasteiger partial charge in [-0.3, -0.25) is 9.59 Å². The summed E-state index contributed by atoms with van der Waals surface area (Å²) in [7, 11) is -2.01. The molecule has 3 N–H and O–H groups in total. The largest absolute Gasteiger partial charge is 0.383 e.